The van der Waals surface area contributed by atoms with Gasteiger partial charge in [0.15, 0.2) is 0 Å². The quantitative estimate of drug-likeness (QED) is 0.637. The molecule has 3 rings (SSSR count). The summed E-state index contributed by atoms with van der Waals surface area (Å²) in [5.41, 5.74) is 4.26. The van der Waals surface area contributed by atoms with Crippen LogP contribution < -0.4 is 10.6 Å². The first kappa shape index (κ1) is 17.2. The first-order valence-electron chi connectivity index (χ1n) is 7.93. The van der Waals surface area contributed by atoms with Crippen LogP contribution in [0.4, 0.5) is 11.4 Å². The lowest BCUT2D eigenvalue weighted by molar-refractivity contribution is 0.102. The highest BCUT2D eigenvalue weighted by atomic mass is 79.9. The van der Waals surface area contributed by atoms with Crippen molar-refractivity contribution in [2.24, 2.45) is 0 Å². The number of hydrogen-bond acceptors (Lipinski definition) is 3. The normalized spacial score (nSPS) is 10.3. The zero-order valence-electron chi connectivity index (χ0n) is 13.8. The Morgan fingerprint density at radius 1 is 1.04 bits per heavy atom. The maximum atomic E-state index is 12.3. The minimum atomic E-state index is -0.226. The molecule has 0 aliphatic heterocycles. The summed E-state index contributed by atoms with van der Waals surface area (Å²) in [7, 11) is 0. The van der Waals surface area contributed by atoms with Gasteiger partial charge in [0.05, 0.1) is 11.9 Å². The topological polar surface area (TPSA) is 54.0 Å². The lowest BCUT2D eigenvalue weighted by atomic mass is 10.2. The molecule has 0 radical (unpaired) electrons. The fourth-order valence-corrected chi connectivity index (χ4v) is 2.60. The maximum Gasteiger partial charge on any atom is 0.274 e. The second kappa shape index (κ2) is 7.94. The number of amides is 1. The third-order valence-electron chi connectivity index (χ3n) is 3.75. The van der Waals surface area contributed by atoms with Crippen molar-refractivity contribution in [3.8, 4) is 0 Å². The highest BCUT2D eigenvalue weighted by Gasteiger charge is 2.08. The molecule has 25 heavy (non-hydrogen) atoms. The number of carbonyl (C=O) groups excluding carboxylic acids is 1. The number of aromatic nitrogens is 1. The Kier molecular flexibility index (Phi) is 5.46. The molecule has 0 unspecified atom stereocenters. The fraction of sp³-hybridized carbons (Fsp3) is 0.100. The number of hydrogen-bond donors (Lipinski definition) is 2. The number of benzene rings is 2. The van der Waals surface area contributed by atoms with E-state index in [2.05, 4.69) is 43.7 Å². The van der Waals surface area contributed by atoms with Crippen LogP contribution in [0.3, 0.4) is 0 Å². The molecule has 1 aromatic heterocycles. The molecular weight excluding hydrogens is 378 g/mol. The van der Waals surface area contributed by atoms with Gasteiger partial charge in [0.2, 0.25) is 0 Å². The van der Waals surface area contributed by atoms with Crippen LogP contribution in [0.5, 0.6) is 0 Å². The Labute approximate surface area is 155 Å². The highest BCUT2D eigenvalue weighted by Crippen LogP contribution is 2.20. The second-order valence-corrected chi connectivity index (χ2v) is 6.54. The van der Waals surface area contributed by atoms with Crippen molar-refractivity contribution in [3.05, 3.63) is 88.2 Å². The summed E-state index contributed by atoms with van der Waals surface area (Å²) >= 11 is 3.45. The van der Waals surface area contributed by atoms with Crippen molar-refractivity contribution in [2.75, 3.05) is 10.6 Å². The molecule has 0 saturated heterocycles. The van der Waals surface area contributed by atoms with Gasteiger partial charge in [-0.15, -0.1) is 0 Å². The maximum absolute atomic E-state index is 12.3. The summed E-state index contributed by atoms with van der Waals surface area (Å²) in [5, 5.41) is 6.15. The lowest BCUT2D eigenvalue weighted by Crippen LogP contribution is -2.13. The van der Waals surface area contributed by atoms with Crippen LogP contribution in [0.2, 0.25) is 0 Å². The number of rotatable bonds is 5. The van der Waals surface area contributed by atoms with E-state index >= 15 is 0 Å². The van der Waals surface area contributed by atoms with E-state index in [-0.39, 0.29) is 5.91 Å². The molecule has 1 heterocycles. The van der Waals surface area contributed by atoms with E-state index in [9.17, 15) is 4.79 Å². The van der Waals surface area contributed by atoms with Crippen LogP contribution in [0, 0.1) is 6.92 Å². The number of pyridine rings is 1. The molecule has 3 aromatic rings. The van der Waals surface area contributed by atoms with E-state index in [4.69, 9.17) is 0 Å². The Bertz CT molecular complexity index is 864. The number of anilines is 2. The van der Waals surface area contributed by atoms with Crippen molar-refractivity contribution < 1.29 is 4.79 Å². The van der Waals surface area contributed by atoms with E-state index in [1.54, 1.807) is 12.3 Å². The minimum Gasteiger partial charge on any atom is -0.380 e. The predicted octanol–water partition coefficient (Wildman–Crippen LogP) is 5.02. The second-order valence-electron chi connectivity index (χ2n) is 5.69. The number of aryl methyl sites for hydroxylation is 1. The van der Waals surface area contributed by atoms with Gasteiger partial charge in [-0.05, 0) is 48.4 Å². The monoisotopic (exact) mass is 395 g/mol. The Morgan fingerprint density at radius 2 is 1.80 bits per heavy atom. The average molecular weight is 396 g/mol. The van der Waals surface area contributed by atoms with Crippen LogP contribution >= 0.6 is 15.9 Å². The van der Waals surface area contributed by atoms with E-state index in [0.29, 0.717) is 12.2 Å². The third-order valence-corrected chi connectivity index (χ3v) is 4.64. The lowest BCUT2D eigenvalue weighted by Gasteiger charge is -2.08. The summed E-state index contributed by atoms with van der Waals surface area (Å²) in [6.45, 7) is 2.69. The molecule has 4 nitrogen and oxygen atoms in total. The van der Waals surface area contributed by atoms with Crippen molar-refractivity contribution in [3.63, 3.8) is 0 Å². The number of carbonyl (C=O) groups is 1. The number of nitrogens with one attached hydrogen (secondary N) is 2. The van der Waals surface area contributed by atoms with Gasteiger partial charge in [0.25, 0.3) is 5.91 Å². The van der Waals surface area contributed by atoms with Gasteiger partial charge >= 0.3 is 0 Å². The fourth-order valence-electron chi connectivity index (χ4n) is 2.35. The van der Waals surface area contributed by atoms with E-state index < -0.39 is 0 Å². The van der Waals surface area contributed by atoms with E-state index in [0.717, 1.165) is 21.4 Å². The van der Waals surface area contributed by atoms with Crippen molar-refractivity contribution in [1.29, 1.82) is 0 Å². The SMILES string of the molecule is Cc1cc(NC(=O)c2ccc(NCc3ccccc3)cn2)ccc1Br. The van der Waals surface area contributed by atoms with Crippen LogP contribution in [-0.4, -0.2) is 10.9 Å². The Hall–Kier alpha value is -2.66. The Balaban J connectivity index is 1.61. The van der Waals surface area contributed by atoms with Gasteiger partial charge in [0, 0.05) is 16.7 Å². The van der Waals surface area contributed by atoms with Gasteiger partial charge in [-0.2, -0.15) is 0 Å². The number of nitrogens with zero attached hydrogens (tertiary/aromatic N) is 1. The standard InChI is InChI=1S/C20H18BrN3O/c1-14-11-16(7-9-18(14)21)24-20(25)19-10-8-17(13-23-19)22-12-15-5-3-2-4-6-15/h2-11,13,22H,12H2,1H3,(H,24,25). The Morgan fingerprint density at radius 3 is 2.48 bits per heavy atom. The van der Waals surface area contributed by atoms with Gasteiger partial charge < -0.3 is 10.6 Å². The molecule has 126 valence electrons. The molecule has 1 amide bonds. The van der Waals surface area contributed by atoms with Crippen molar-refractivity contribution >= 4 is 33.2 Å². The van der Waals surface area contributed by atoms with Crippen molar-refractivity contribution in [1.82, 2.24) is 4.98 Å². The molecule has 0 atom stereocenters. The van der Waals surface area contributed by atoms with E-state index in [1.165, 1.54) is 5.56 Å². The summed E-state index contributed by atoms with van der Waals surface area (Å²) in [5.74, 6) is -0.226. The van der Waals surface area contributed by atoms with Gasteiger partial charge in [-0.1, -0.05) is 46.3 Å². The van der Waals surface area contributed by atoms with E-state index in [1.807, 2.05) is 49.4 Å². The molecular formula is C20H18BrN3O. The summed E-state index contributed by atoms with van der Waals surface area (Å²) in [6, 6.07) is 19.4. The largest absolute Gasteiger partial charge is 0.380 e. The molecule has 0 saturated carbocycles. The van der Waals surface area contributed by atoms with Crippen LogP contribution in [-0.2, 0) is 6.54 Å². The van der Waals surface area contributed by atoms with Gasteiger partial charge in [-0.25, -0.2) is 4.98 Å². The number of halogens is 1. The molecule has 0 fully saturated rings. The summed E-state index contributed by atoms with van der Waals surface area (Å²) in [4.78, 5) is 16.5. The van der Waals surface area contributed by atoms with Crippen molar-refractivity contribution in [2.45, 2.75) is 13.5 Å². The third kappa shape index (κ3) is 4.67. The smallest absolute Gasteiger partial charge is 0.274 e. The molecule has 0 bridgehead atoms. The van der Waals surface area contributed by atoms with Crippen LogP contribution in [0.1, 0.15) is 21.6 Å². The minimum absolute atomic E-state index is 0.226. The summed E-state index contributed by atoms with van der Waals surface area (Å²) in [6.07, 6.45) is 1.67. The molecule has 0 spiro atoms. The average Bonchev–Trinajstić information content (AvgIpc) is 2.64. The van der Waals surface area contributed by atoms with Gasteiger partial charge in [0.1, 0.15) is 5.69 Å². The van der Waals surface area contributed by atoms with Crippen LogP contribution in [0.15, 0.2) is 71.3 Å². The molecule has 2 aromatic carbocycles. The predicted molar refractivity (Wildman–Crippen MR) is 105 cm³/mol. The first-order valence-corrected chi connectivity index (χ1v) is 8.72. The molecule has 5 heteroatoms. The highest BCUT2D eigenvalue weighted by molar-refractivity contribution is 9.10. The van der Waals surface area contributed by atoms with Crippen LogP contribution in [0.25, 0.3) is 0 Å². The molecule has 2 N–H and O–H groups in total. The summed E-state index contributed by atoms with van der Waals surface area (Å²) < 4.78 is 1.01. The first-order chi connectivity index (χ1) is 12.1. The molecule has 0 aliphatic rings. The molecule has 0 aliphatic carbocycles. The van der Waals surface area contributed by atoms with Gasteiger partial charge in [-0.3, -0.25) is 4.79 Å². The zero-order chi connectivity index (χ0) is 17.6. The zero-order valence-corrected chi connectivity index (χ0v) is 15.4.